The molecule has 1 atom stereocenters. The number of ether oxygens (including phenoxy) is 3. The van der Waals surface area contributed by atoms with Crippen molar-refractivity contribution in [3.05, 3.63) is 59.7 Å². The number of rotatable bonds is 7. The van der Waals surface area contributed by atoms with E-state index in [4.69, 9.17) is 14.2 Å². The number of methoxy groups -OCH3 is 2. The first kappa shape index (κ1) is 18.1. The number of hydrogen-bond acceptors (Lipinski definition) is 3. The molecule has 0 saturated carbocycles. The molecule has 0 heterocycles. The maximum atomic E-state index is 12.6. The minimum absolute atomic E-state index is 0.313. The predicted octanol–water partition coefficient (Wildman–Crippen LogP) is 4.57. The van der Waals surface area contributed by atoms with Gasteiger partial charge in [-0.1, -0.05) is 30.3 Å². The van der Waals surface area contributed by atoms with E-state index in [0.29, 0.717) is 23.5 Å². The van der Waals surface area contributed by atoms with Crippen LogP contribution in [0.3, 0.4) is 0 Å². The summed E-state index contributed by atoms with van der Waals surface area (Å²) in [5.41, 5.74) is 1.45. The first-order valence-corrected chi connectivity index (χ1v) is 7.36. The molecule has 0 radical (unpaired) electrons. The summed E-state index contributed by atoms with van der Waals surface area (Å²) in [5.74, 6) is 0.996. The fourth-order valence-corrected chi connectivity index (χ4v) is 2.31. The highest BCUT2D eigenvalue weighted by molar-refractivity contribution is 5.40. The molecular weight excluding hydrogens is 321 g/mol. The lowest BCUT2D eigenvalue weighted by Crippen LogP contribution is -2.20. The van der Waals surface area contributed by atoms with E-state index in [-0.39, 0.29) is 0 Å². The average Bonchev–Trinajstić information content (AvgIpc) is 2.58. The summed E-state index contributed by atoms with van der Waals surface area (Å²) in [7, 11) is 2.97. The van der Waals surface area contributed by atoms with Crippen LogP contribution in [0.5, 0.6) is 11.5 Å². The zero-order valence-electron chi connectivity index (χ0n) is 13.5. The Hall–Kier alpha value is -2.21. The summed E-state index contributed by atoms with van der Waals surface area (Å²) in [6, 6.07) is 14.2. The molecule has 0 N–H and O–H groups in total. The second-order valence-corrected chi connectivity index (χ2v) is 5.25. The first-order valence-electron chi connectivity index (χ1n) is 7.36. The molecule has 0 fully saturated rings. The Morgan fingerprint density at radius 1 is 0.917 bits per heavy atom. The molecule has 0 amide bonds. The summed E-state index contributed by atoms with van der Waals surface area (Å²) in [4.78, 5) is 0. The average molecular weight is 340 g/mol. The van der Waals surface area contributed by atoms with Crippen LogP contribution in [-0.4, -0.2) is 27.0 Å². The lowest BCUT2D eigenvalue weighted by molar-refractivity contribution is -0.186. The van der Waals surface area contributed by atoms with E-state index in [1.54, 1.807) is 18.2 Å². The highest BCUT2D eigenvalue weighted by atomic mass is 19.4. The molecular formula is C18H19F3O3. The Morgan fingerprint density at radius 3 is 2.00 bits per heavy atom. The molecule has 0 bridgehead atoms. The van der Waals surface area contributed by atoms with Gasteiger partial charge < -0.3 is 14.2 Å². The fourth-order valence-electron chi connectivity index (χ4n) is 2.31. The molecule has 1 unspecified atom stereocenters. The Kier molecular flexibility index (Phi) is 6.09. The van der Waals surface area contributed by atoms with E-state index in [1.165, 1.54) is 14.2 Å². The van der Waals surface area contributed by atoms with E-state index >= 15 is 0 Å². The normalized spacial score (nSPS) is 12.7. The summed E-state index contributed by atoms with van der Waals surface area (Å²) >= 11 is 0. The third-order valence-corrected chi connectivity index (χ3v) is 3.46. The highest BCUT2D eigenvalue weighted by Gasteiger charge is 2.30. The standard InChI is InChI=1S/C18H19F3O3/c1-22-15-9-14(10-16(11-15)23-2)17(24-12-18(19,20)21)8-13-6-4-3-5-7-13/h3-7,9-11,17H,8,12H2,1-2H3. The molecule has 2 rings (SSSR count). The van der Waals surface area contributed by atoms with Gasteiger partial charge in [0.25, 0.3) is 0 Å². The van der Waals surface area contributed by atoms with Crippen LogP contribution in [0.25, 0.3) is 0 Å². The largest absolute Gasteiger partial charge is 0.497 e. The van der Waals surface area contributed by atoms with Gasteiger partial charge >= 0.3 is 6.18 Å². The lowest BCUT2D eigenvalue weighted by atomic mass is 10.0. The third kappa shape index (κ3) is 5.45. The van der Waals surface area contributed by atoms with Crippen molar-refractivity contribution < 1.29 is 27.4 Å². The molecule has 2 aromatic rings. The minimum Gasteiger partial charge on any atom is -0.497 e. The van der Waals surface area contributed by atoms with Gasteiger partial charge in [-0.2, -0.15) is 13.2 Å². The van der Waals surface area contributed by atoms with Crippen LogP contribution in [0.15, 0.2) is 48.5 Å². The van der Waals surface area contributed by atoms with Crippen molar-refractivity contribution in [2.75, 3.05) is 20.8 Å². The van der Waals surface area contributed by atoms with Crippen LogP contribution < -0.4 is 9.47 Å². The Morgan fingerprint density at radius 2 is 1.50 bits per heavy atom. The van der Waals surface area contributed by atoms with Crippen LogP contribution in [0.4, 0.5) is 13.2 Å². The summed E-state index contributed by atoms with van der Waals surface area (Å²) < 4.78 is 53.3. The summed E-state index contributed by atoms with van der Waals surface area (Å²) in [6.07, 6.45) is -4.84. The molecule has 2 aromatic carbocycles. The minimum atomic E-state index is -4.39. The van der Waals surface area contributed by atoms with Crippen molar-refractivity contribution in [1.82, 2.24) is 0 Å². The molecule has 0 aliphatic carbocycles. The van der Waals surface area contributed by atoms with E-state index < -0.39 is 18.9 Å². The van der Waals surface area contributed by atoms with Crippen molar-refractivity contribution in [3.63, 3.8) is 0 Å². The third-order valence-electron chi connectivity index (χ3n) is 3.46. The molecule has 0 spiro atoms. The maximum Gasteiger partial charge on any atom is 0.411 e. The van der Waals surface area contributed by atoms with Crippen molar-refractivity contribution in [3.8, 4) is 11.5 Å². The number of hydrogen-bond donors (Lipinski definition) is 0. The maximum absolute atomic E-state index is 12.6. The monoisotopic (exact) mass is 340 g/mol. The van der Waals surface area contributed by atoms with Crippen LogP contribution in [0, 0.1) is 0 Å². The molecule has 130 valence electrons. The smallest absolute Gasteiger partial charge is 0.411 e. The van der Waals surface area contributed by atoms with Crippen molar-refractivity contribution in [2.45, 2.75) is 18.7 Å². The van der Waals surface area contributed by atoms with E-state index in [9.17, 15) is 13.2 Å². The lowest BCUT2D eigenvalue weighted by Gasteiger charge is -2.21. The van der Waals surface area contributed by atoms with Gasteiger partial charge in [0.15, 0.2) is 0 Å². The van der Waals surface area contributed by atoms with E-state index in [0.717, 1.165) is 5.56 Å². The van der Waals surface area contributed by atoms with Gasteiger partial charge in [-0.25, -0.2) is 0 Å². The Balaban J connectivity index is 2.30. The molecule has 0 saturated heterocycles. The zero-order valence-corrected chi connectivity index (χ0v) is 13.5. The zero-order chi connectivity index (χ0) is 17.6. The van der Waals surface area contributed by atoms with Crippen LogP contribution in [0.1, 0.15) is 17.2 Å². The SMILES string of the molecule is COc1cc(OC)cc(C(Cc2ccccc2)OCC(F)(F)F)c1. The number of alkyl halides is 3. The Bertz CT molecular complexity index is 619. The van der Waals surface area contributed by atoms with Crippen molar-refractivity contribution in [1.29, 1.82) is 0 Å². The highest BCUT2D eigenvalue weighted by Crippen LogP contribution is 2.31. The first-order chi connectivity index (χ1) is 11.4. The Labute approximate surface area is 139 Å². The second-order valence-electron chi connectivity index (χ2n) is 5.25. The molecule has 0 aliphatic heterocycles. The van der Waals surface area contributed by atoms with Gasteiger partial charge in [-0.15, -0.1) is 0 Å². The quantitative estimate of drug-likeness (QED) is 0.739. The van der Waals surface area contributed by atoms with Gasteiger partial charge in [-0.05, 0) is 23.3 Å². The van der Waals surface area contributed by atoms with Gasteiger partial charge in [-0.3, -0.25) is 0 Å². The molecule has 6 heteroatoms. The molecule has 24 heavy (non-hydrogen) atoms. The van der Waals surface area contributed by atoms with Crippen LogP contribution in [0.2, 0.25) is 0 Å². The predicted molar refractivity (Wildman–Crippen MR) is 84.4 cm³/mol. The van der Waals surface area contributed by atoms with Crippen molar-refractivity contribution >= 4 is 0 Å². The van der Waals surface area contributed by atoms with E-state index in [2.05, 4.69) is 0 Å². The van der Waals surface area contributed by atoms with Gasteiger partial charge in [0.2, 0.25) is 0 Å². The topological polar surface area (TPSA) is 27.7 Å². The summed E-state index contributed by atoms with van der Waals surface area (Å²) in [6.45, 7) is -1.32. The number of halogens is 3. The fraction of sp³-hybridized carbons (Fsp3) is 0.333. The summed E-state index contributed by atoms with van der Waals surface area (Å²) in [5, 5.41) is 0. The van der Waals surface area contributed by atoms with Gasteiger partial charge in [0.1, 0.15) is 18.1 Å². The second kappa shape index (κ2) is 8.06. The van der Waals surface area contributed by atoms with Crippen LogP contribution >= 0.6 is 0 Å². The molecule has 0 aromatic heterocycles. The molecule has 3 nitrogen and oxygen atoms in total. The van der Waals surface area contributed by atoms with Gasteiger partial charge in [0, 0.05) is 12.5 Å². The van der Waals surface area contributed by atoms with Crippen molar-refractivity contribution in [2.24, 2.45) is 0 Å². The number of benzene rings is 2. The van der Waals surface area contributed by atoms with Gasteiger partial charge in [0.05, 0.1) is 20.3 Å². The van der Waals surface area contributed by atoms with Crippen LogP contribution in [-0.2, 0) is 11.2 Å². The molecule has 0 aliphatic rings. The van der Waals surface area contributed by atoms with E-state index in [1.807, 2.05) is 30.3 Å².